The van der Waals surface area contributed by atoms with Crippen LogP contribution in [-0.4, -0.2) is 6.98 Å². The third kappa shape index (κ3) is 2.05. The fraction of sp³-hybridized carbons (Fsp3) is 0. The van der Waals surface area contributed by atoms with E-state index in [2.05, 4.69) is 10.2 Å². The van der Waals surface area contributed by atoms with E-state index in [0.717, 1.165) is 0 Å². The molecule has 0 bridgehead atoms. The van der Waals surface area contributed by atoms with Crippen LogP contribution in [0.25, 0.3) is 0 Å². The molecular weight excluding hydrogens is 214 g/mol. The van der Waals surface area contributed by atoms with Crippen LogP contribution in [0.15, 0.2) is 28.4 Å². The SMILES string of the molecule is O=NB(N=O)c1cccc(Cl)c1Cl. The summed E-state index contributed by atoms with van der Waals surface area (Å²) in [7, 11) is 0. The Kier molecular flexibility index (Phi) is 3.39. The van der Waals surface area contributed by atoms with Crippen molar-refractivity contribution in [2.75, 3.05) is 0 Å². The topological polar surface area (TPSA) is 58.9 Å². The van der Waals surface area contributed by atoms with E-state index in [4.69, 9.17) is 23.2 Å². The molecule has 0 amide bonds. The highest BCUT2D eigenvalue weighted by molar-refractivity contribution is 6.73. The second-order valence-electron chi connectivity index (χ2n) is 2.23. The number of benzene rings is 1. The third-order valence-corrected chi connectivity index (χ3v) is 2.29. The van der Waals surface area contributed by atoms with Gasteiger partial charge in [-0.25, -0.2) is 0 Å². The normalized spacial score (nSPS) is 9.38. The maximum atomic E-state index is 10.2. The molecule has 0 aromatic heterocycles. The van der Waals surface area contributed by atoms with E-state index in [1.807, 2.05) is 0 Å². The molecule has 4 nitrogen and oxygen atoms in total. The minimum atomic E-state index is -1.33. The summed E-state index contributed by atoms with van der Waals surface area (Å²) >= 11 is 11.4. The van der Waals surface area contributed by atoms with Gasteiger partial charge in [-0.15, -0.1) is 0 Å². The Morgan fingerprint density at radius 2 is 1.77 bits per heavy atom. The fourth-order valence-corrected chi connectivity index (χ4v) is 1.26. The lowest BCUT2D eigenvalue weighted by Crippen LogP contribution is -2.26. The molecule has 1 aromatic carbocycles. The monoisotopic (exact) mass is 216 g/mol. The molecule has 0 atom stereocenters. The molecule has 0 spiro atoms. The predicted molar refractivity (Wildman–Crippen MR) is 53.4 cm³/mol. The molecule has 7 heteroatoms. The molecule has 0 aliphatic carbocycles. The van der Waals surface area contributed by atoms with E-state index in [-0.39, 0.29) is 15.5 Å². The van der Waals surface area contributed by atoms with E-state index in [1.54, 1.807) is 12.1 Å². The van der Waals surface area contributed by atoms with Gasteiger partial charge in [0, 0.05) is 0 Å². The van der Waals surface area contributed by atoms with Crippen LogP contribution in [0.4, 0.5) is 0 Å². The number of hydrogen-bond donors (Lipinski definition) is 0. The van der Waals surface area contributed by atoms with Gasteiger partial charge in [0.15, 0.2) is 0 Å². The Morgan fingerprint density at radius 3 is 2.31 bits per heavy atom. The Labute approximate surface area is 84.3 Å². The number of nitroso groups, excluding NO2 is 2. The molecule has 0 saturated heterocycles. The standard InChI is InChI=1S/C6H3BCl2N2O2/c8-5-3-1-2-4(6(5)9)7(10-12)11-13/h1-3H. The highest BCUT2D eigenvalue weighted by Crippen LogP contribution is 2.19. The first-order chi connectivity index (χ1) is 6.20. The first-order valence-corrected chi connectivity index (χ1v) is 4.05. The molecule has 0 heterocycles. The van der Waals surface area contributed by atoms with Crippen molar-refractivity contribution < 1.29 is 0 Å². The van der Waals surface area contributed by atoms with Crippen LogP contribution in [0.5, 0.6) is 0 Å². The molecule has 66 valence electrons. The predicted octanol–water partition coefficient (Wildman–Crippen LogP) is 2.22. The average molecular weight is 217 g/mol. The molecule has 0 aliphatic heterocycles. The van der Waals surface area contributed by atoms with Crippen LogP contribution < -0.4 is 5.46 Å². The maximum Gasteiger partial charge on any atom is 0.550 e. The van der Waals surface area contributed by atoms with Gasteiger partial charge in [-0.05, 0) is 11.5 Å². The third-order valence-electron chi connectivity index (χ3n) is 1.46. The van der Waals surface area contributed by atoms with E-state index in [1.165, 1.54) is 6.07 Å². The molecule has 0 aliphatic rings. The second kappa shape index (κ2) is 4.34. The zero-order valence-corrected chi connectivity index (χ0v) is 7.79. The summed E-state index contributed by atoms with van der Waals surface area (Å²) < 4.78 is 0. The molecule has 0 fully saturated rings. The van der Waals surface area contributed by atoms with Gasteiger partial charge in [0.1, 0.15) is 0 Å². The van der Waals surface area contributed by atoms with Crippen molar-refractivity contribution >= 4 is 35.6 Å². The minimum Gasteiger partial charge on any atom is -0.164 e. The molecule has 0 saturated carbocycles. The van der Waals surface area contributed by atoms with Crippen molar-refractivity contribution in [3.05, 3.63) is 38.1 Å². The zero-order chi connectivity index (χ0) is 9.84. The van der Waals surface area contributed by atoms with Gasteiger partial charge >= 0.3 is 6.98 Å². The summed E-state index contributed by atoms with van der Waals surface area (Å²) in [6.07, 6.45) is 0. The largest absolute Gasteiger partial charge is 0.550 e. The first-order valence-electron chi connectivity index (χ1n) is 3.29. The van der Waals surface area contributed by atoms with Gasteiger partial charge in [-0.2, -0.15) is 9.81 Å². The van der Waals surface area contributed by atoms with E-state index >= 15 is 0 Å². The van der Waals surface area contributed by atoms with E-state index < -0.39 is 6.98 Å². The average Bonchev–Trinajstić information content (AvgIpc) is 2.14. The summed E-state index contributed by atoms with van der Waals surface area (Å²) in [5.41, 5.74) is 0.221. The molecule has 13 heavy (non-hydrogen) atoms. The summed E-state index contributed by atoms with van der Waals surface area (Å²) in [6, 6.07) is 4.58. The Bertz CT molecular complexity index is 339. The fourth-order valence-electron chi connectivity index (χ4n) is 0.853. The van der Waals surface area contributed by atoms with E-state index in [9.17, 15) is 9.81 Å². The Balaban J connectivity index is 3.20. The number of rotatable bonds is 3. The van der Waals surface area contributed by atoms with Gasteiger partial charge in [0.25, 0.3) is 0 Å². The van der Waals surface area contributed by atoms with Gasteiger partial charge in [0.05, 0.1) is 10.0 Å². The van der Waals surface area contributed by atoms with Crippen molar-refractivity contribution in [3.8, 4) is 0 Å². The van der Waals surface area contributed by atoms with Crippen LogP contribution in [0.1, 0.15) is 0 Å². The molecule has 1 aromatic rings. The smallest absolute Gasteiger partial charge is 0.164 e. The highest BCUT2D eigenvalue weighted by Gasteiger charge is 2.24. The number of hydrogen-bond acceptors (Lipinski definition) is 4. The lowest BCUT2D eigenvalue weighted by atomic mass is 9.71. The van der Waals surface area contributed by atoms with Gasteiger partial charge in [0.2, 0.25) is 0 Å². The van der Waals surface area contributed by atoms with E-state index in [0.29, 0.717) is 0 Å². The number of nitrogens with zero attached hydrogens (tertiary/aromatic N) is 2. The van der Waals surface area contributed by atoms with Crippen LogP contribution in [0, 0.1) is 9.81 Å². The first kappa shape index (κ1) is 10.1. The summed E-state index contributed by atoms with van der Waals surface area (Å²) in [5.74, 6) is 0. The summed E-state index contributed by atoms with van der Waals surface area (Å²) in [5, 5.41) is 5.41. The van der Waals surface area contributed by atoms with Crippen molar-refractivity contribution in [1.82, 2.24) is 0 Å². The highest BCUT2D eigenvalue weighted by atomic mass is 35.5. The second-order valence-corrected chi connectivity index (χ2v) is 3.01. The Hall–Kier alpha value is -0.935. The minimum absolute atomic E-state index is 0.133. The van der Waals surface area contributed by atoms with Crippen molar-refractivity contribution in [2.24, 2.45) is 10.2 Å². The van der Waals surface area contributed by atoms with Crippen LogP contribution in [-0.2, 0) is 0 Å². The zero-order valence-electron chi connectivity index (χ0n) is 6.28. The quantitative estimate of drug-likeness (QED) is 0.575. The summed E-state index contributed by atoms with van der Waals surface area (Å²) in [4.78, 5) is 20.3. The molecule has 0 radical (unpaired) electrons. The van der Waals surface area contributed by atoms with Crippen LogP contribution in [0.3, 0.4) is 0 Å². The lowest BCUT2D eigenvalue weighted by Gasteiger charge is -2.01. The van der Waals surface area contributed by atoms with Crippen LogP contribution >= 0.6 is 23.2 Å². The van der Waals surface area contributed by atoms with Gasteiger partial charge in [-0.1, -0.05) is 45.5 Å². The van der Waals surface area contributed by atoms with Crippen molar-refractivity contribution in [2.45, 2.75) is 0 Å². The molecule has 0 N–H and O–H groups in total. The lowest BCUT2D eigenvalue weighted by molar-refractivity contribution is 1.57. The Morgan fingerprint density at radius 1 is 1.15 bits per heavy atom. The maximum absolute atomic E-state index is 10.2. The van der Waals surface area contributed by atoms with Crippen molar-refractivity contribution in [3.63, 3.8) is 0 Å². The summed E-state index contributed by atoms with van der Waals surface area (Å²) in [6.45, 7) is -1.33. The molecular formula is C6H3BCl2N2O2. The number of halogens is 2. The molecule has 0 unspecified atom stereocenters. The van der Waals surface area contributed by atoms with Crippen LogP contribution in [0.2, 0.25) is 10.0 Å². The van der Waals surface area contributed by atoms with Gasteiger partial charge in [-0.3, -0.25) is 0 Å². The molecule has 1 rings (SSSR count). The van der Waals surface area contributed by atoms with Crippen molar-refractivity contribution in [1.29, 1.82) is 0 Å². The van der Waals surface area contributed by atoms with Gasteiger partial charge < -0.3 is 0 Å².